The van der Waals surface area contributed by atoms with Gasteiger partial charge >= 0.3 is 6.09 Å². The molecule has 1 spiro atoms. The number of nitrogens with zero attached hydrogens (tertiary/aromatic N) is 3. The largest absolute Gasteiger partial charge is 0.444 e. The summed E-state index contributed by atoms with van der Waals surface area (Å²) in [5.74, 6) is -2.37. The summed E-state index contributed by atoms with van der Waals surface area (Å²) in [5, 5.41) is 3.45. The van der Waals surface area contributed by atoms with Crippen molar-refractivity contribution in [2.24, 2.45) is 0 Å². The number of rotatable bonds is 4. The summed E-state index contributed by atoms with van der Waals surface area (Å²) in [4.78, 5) is 30.6. The molecule has 1 amide bonds. The second-order valence-electron chi connectivity index (χ2n) is 14.7. The Bertz CT molecular complexity index is 2150. The first kappa shape index (κ1) is 31.3. The Balaban J connectivity index is 0.966. The Kier molecular flexibility index (Phi) is 7.01. The summed E-state index contributed by atoms with van der Waals surface area (Å²) in [7, 11) is 0. The number of hydrogen-bond donors (Lipinski definition) is 3. The molecule has 0 saturated carbocycles. The molecule has 0 bridgehead atoms. The van der Waals surface area contributed by atoms with Crippen LogP contribution in [0.15, 0.2) is 60.8 Å². The molecule has 9 rings (SSSR count). The van der Waals surface area contributed by atoms with Gasteiger partial charge in [-0.3, -0.25) is 4.90 Å². The SMILES string of the molecule is CC(C)(C)OC(=O)N1CCCC1c1ncc(-c2ccc3c(c2)C(F)(F)c2cc(-c4ccc5nc(C6CC7(CN6)OCCO7)[nH]c5c4)ccc2-3)[nH]1. The Morgan fingerprint density at radius 3 is 2.40 bits per heavy atom. The van der Waals surface area contributed by atoms with E-state index >= 15 is 8.78 Å². The van der Waals surface area contributed by atoms with Crippen molar-refractivity contribution in [2.75, 3.05) is 26.3 Å². The highest BCUT2D eigenvalue weighted by molar-refractivity contribution is 5.87. The molecule has 50 heavy (non-hydrogen) atoms. The van der Waals surface area contributed by atoms with Crippen LogP contribution in [0.1, 0.15) is 74.9 Å². The van der Waals surface area contributed by atoms with E-state index in [2.05, 4.69) is 20.3 Å². The molecule has 5 heterocycles. The van der Waals surface area contributed by atoms with Gasteiger partial charge in [0.25, 0.3) is 5.92 Å². The maximum atomic E-state index is 16.3. The number of aromatic amines is 2. The van der Waals surface area contributed by atoms with Gasteiger partial charge in [-0.1, -0.05) is 30.3 Å². The number of halogens is 2. The summed E-state index contributed by atoms with van der Waals surface area (Å²) < 4.78 is 49.8. The van der Waals surface area contributed by atoms with E-state index in [1.807, 2.05) is 51.1 Å². The molecule has 10 nitrogen and oxygen atoms in total. The van der Waals surface area contributed by atoms with Crippen molar-refractivity contribution in [3.63, 3.8) is 0 Å². The lowest BCUT2D eigenvalue weighted by Gasteiger charge is -2.27. The fourth-order valence-corrected chi connectivity index (χ4v) is 7.83. The number of carbonyl (C=O) groups excluding carboxylic acids is 1. The van der Waals surface area contributed by atoms with Gasteiger partial charge in [0.05, 0.1) is 54.8 Å². The van der Waals surface area contributed by atoms with Crippen LogP contribution in [0, 0.1) is 0 Å². The third-order valence-corrected chi connectivity index (χ3v) is 10.2. The molecule has 3 N–H and O–H groups in total. The summed E-state index contributed by atoms with van der Waals surface area (Å²) in [6.07, 6.45) is 3.49. The molecule has 258 valence electrons. The Labute approximate surface area is 287 Å². The molecule has 4 aliphatic rings. The molecule has 2 atom stereocenters. The summed E-state index contributed by atoms with van der Waals surface area (Å²) in [6.45, 7) is 7.87. The first-order valence-corrected chi connectivity index (χ1v) is 17.2. The Hall–Kier alpha value is -4.65. The Morgan fingerprint density at radius 2 is 1.64 bits per heavy atom. The van der Waals surface area contributed by atoms with Gasteiger partial charge in [0.2, 0.25) is 0 Å². The number of benzene rings is 3. The molecule has 3 saturated heterocycles. The average Bonchev–Trinajstić information content (AvgIpc) is 3.94. The topological polar surface area (TPSA) is 117 Å². The monoisotopic (exact) mass is 680 g/mol. The van der Waals surface area contributed by atoms with Crippen LogP contribution >= 0.6 is 0 Å². The summed E-state index contributed by atoms with van der Waals surface area (Å²) >= 11 is 0. The van der Waals surface area contributed by atoms with Crippen LogP contribution in [0.3, 0.4) is 0 Å². The van der Waals surface area contributed by atoms with Crippen LogP contribution in [0.2, 0.25) is 0 Å². The molecule has 3 fully saturated rings. The molecular formula is C38H38F2N6O4. The zero-order valence-corrected chi connectivity index (χ0v) is 28.1. The van der Waals surface area contributed by atoms with Gasteiger partial charge in [-0.05, 0) is 80.1 Å². The van der Waals surface area contributed by atoms with Crippen molar-refractivity contribution in [3.8, 4) is 33.5 Å². The van der Waals surface area contributed by atoms with Gasteiger partial charge in [0.15, 0.2) is 5.79 Å². The fourth-order valence-electron chi connectivity index (χ4n) is 7.83. The van der Waals surface area contributed by atoms with Crippen LogP contribution in [0.5, 0.6) is 0 Å². The molecule has 1 aliphatic carbocycles. The van der Waals surface area contributed by atoms with Crippen LogP contribution in [0.4, 0.5) is 13.6 Å². The van der Waals surface area contributed by atoms with Crippen molar-refractivity contribution >= 4 is 17.1 Å². The number of ether oxygens (including phenoxy) is 3. The van der Waals surface area contributed by atoms with Gasteiger partial charge < -0.3 is 29.5 Å². The van der Waals surface area contributed by atoms with Gasteiger partial charge in [0.1, 0.15) is 17.2 Å². The number of imidazole rings is 2. The van der Waals surface area contributed by atoms with Crippen molar-refractivity contribution in [1.82, 2.24) is 30.2 Å². The van der Waals surface area contributed by atoms with Crippen molar-refractivity contribution < 1.29 is 27.8 Å². The number of likely N-dealkylation sites (tertiary alicyclic amines) is 1. The van der Waals surface area contributed by atoms with E-state index in [0.717, 1.165) is 35.3 Å². The minimum Gasteiger partial charge on any atom is -0.444 e. The summed E-state index contributed by atoms with van der Waals surface area (Å²) in [6, 6.07) is 15.9. The molecule has 2 aromatic heterocycles. The van der Waals surface area contributed by atoms with E-state index in [1.165, 1.54) is 0 Å². The quantitative estimate of drug-likeness (QED) is 0.179. The molecule has 3 aliphatic heterocycles. The van der Waals surface area contributed by atoms with Gasteiger partial charge in [-0.15, -0.1) is 0 Å². The van der Waals surface area contributed by atoms with E-state index < -0.39 is 17.3 Å². The maximum absolute atomic E-state index is 16.3. The van der Waals surface area contributed by atoms with Crippen LogP contribution < -0.4 is 5.32 Å². The van der Waals surface area contributed by atoms with Crippen LogP contribution in [-0.2, 0) is 20.1 Å². The highest BCUT2D eigenvalue weighted by Crippen LogP contribution is 2.53. The van der Waals surface area contributed by atoms with Crippen LogP contribution in [-0.4, -0.2) is 68.6 Å². The van der Waals surface area contributed by atoms with E-state index in [-0.39, 0.29) is 29.3 Å². The number of alkyl halides is 2. The zero-order valence-electron chi connectivity index (χ0n) is 28.1. The fraction of sp³-hybridized carbons (Fsp3) is 0.395. The predicted molar refractivity (Wildman–Crippen MR) is 182 cm³/mol. The molecule has 12 heteroatoms. The van der Waals surface area contributed by atoms with Crippen molar-refractivity contribution in [3.05, 3.63) is 83.6 Å². The number of carbonyl (C=O) groups is 1. The number of nitrogens with one attached hydrogen (secondary N) is 3. The van der Waals surface area contributed by atoms with Gasteiger partial charge in [-0.2, -0.15) is 8.78 Å². The molecule has 0 radical (unpaired) electrons. The highest BCUT2D eigenvalue weighted by Gasteiger charge is 2.46. The molecular weight excluding hydrogens is 642 g/mol. The summed E-state index contributed by atoms with van der Waals surface area (Å²) in [5.41, 5.74) is 4.73. The van der Waals surface area contributed by atoms with E-state index in [1.54, 1.807) is 35.4 Å². The van der Waals surface area contributed by atoms with Crippen molar-refractivity contribution in [1.29, 1.82) is 0 Å². The average molecular weight is 681 g/mol. The number of aromatic nitrogens is 4. The Morgan fingerprint density at radius 1 is 0.940 bits per heavy atom. The second-order valence-corrected chi connectivity index (χ2v) is 14.7. The first-order chi connectivity index (χ1) is 24.0. The number of fused-ring (bicyclic) bond motifs is 4. The van der Waals surface area contributed by atoms with Gasteiger partial charge in [0, 0.05) is 29.7 Å². The van der Waals surface area contributed by atoms with Crippen LogP contribution in [0.25, 0.3) is 44.5 Å². The molecule has 5 aromatic rings. The lowest BCUT2D eigenvalue weighted by atomic mass is 9.98. The molecule has 3 aromatic carbocycles. The number of H-pyrrole nitrogens is 2. The second kappa shape index (κ2) is 11.2. The smallest absolute Gasteiger partial charge is 0.410 e. The maximum Gasteiger partial charge on any atom is 0.410 e. The normalized spacial score (nSPS) is 22.1. The van der Waals surface area contributed by atoms with E-state index in [4.69, 9.17) is 19.2 Å². The molecule has 2 unspecified atom stereocenters. The lowest BCUT2D eigenvalue weighted by molar-refractivity contribution is -0.141. The minimum absolute atomic E-state index is 0.0196. The van der Waals surface area contributed by atoms with E-state index in [9.17, 15) is 4.79 Å². The zero-order chi connectivity index (χ0) is 34.4. The lowest BCUT2D eigenvalue weighted by Crippen LogP contribution is -2.36. The van der Waals surface area contributed by atoms with E-state index in [0.29, 0.717) is 66.5 Å². The first-order valence-electron chi connectivity index (χ1n) is 17.2. The van der Waals surface area contributed by atoms with Gasteiger partial charge in [-0.25, -0.2) is 14.8 Å². The number of amides is 1. The number of hydrogen-bond acceptors (Lipinski definition) is 7. The van der Waals surface area contributed by atoms with Crippen molar-refractivity contribution in [2.45, 2.75) is 69.4 Å². The third kappa shape index (κ3) is 5.19. The predicted octanol–water partition coefficient (Wildman–Crippen LogP) is 7.59. The third-order valence-electron chi connectivity index (χ3n) is 10.2. The highest BCUT2D eigenvalue weighted by atomic mass is 19.3. The standard InChI is InChI=1S/C38H38F2N6O4/c1-36(2,3)50-35(47)46-12-4-5-32(46)34-41-19-31(45-34)23-7-10-25-24-9-6-21(15-26(24)38(39,40)27(25)16-23)22-8-11-28-29(17-22)44-33(43-28)30-18-37(20-42-30)48-13-14-49-37/h6-11,15-17,19,30,32,42H,4-5,12-14,18,20H2,1-3H3,(H,41,45)(H,43,44). The minimum atomic E-state index is -3.20.